The summed E-state index contributed by atoms with van der Waals surface area (Å²) in [5.41, 5.74) is 0.932. The first-order chi connectivity index (χ1) is 6.81. The molecule has 0 aromatic heterocycles. The van der Waals surface area contributed by atoms with Crippen LogP contribution in [-0.2, 0) is 6.42 Å². The number of benzene rings is 1. The van der Waals surface area contributed by atoms with Crippen LogP contribution < -0.4 is 10.1 Å². The third-order valence-corrected chi connectivity index (χ3v) is 2.47. The quantitative estimate of drug-likeness (QED) is 0.750. The molecule has 1 aliphatic heterocycles. The molecule has 1 aliphatic rings. The van der Waals surface area contributed by atoms with Crippen molar-refractivity contribution in [2.24, 2.45) is 0 Å². The van der Waals surface area contributed by atoms with Crippen molar-refractivity contribution in [1.82, 2.24) is 5.32 Å². The molecule has 1 atom stereocenters. The summed E-state index contributed by atoms with van der Waals surface area (Å²) in [4.78, 5) is 0. The van der Waals surface area contributed by atoms with Crippen LogP contribution in [0.1, 0.15) is 18.9 Å². The fourth-order valence-corrected chi connectivity index (χ4v) is 1.77. The molecule has 1 unspecified atom stereocenters. The highest BCUT2D eigenvalue weighted by Gasteiger charge is 2.20. The third-order valence-electron chi connectivity index (χ3n) is 2.47. The first-order valence-corrected chi connectivity index (χ1v) is 5.02. The maximum absolute atomic E-state index is 9.57. The van der Waals surface area contributed by atoms with Crippen molar-refractivity contribution in [3.63, 3.8) is 0 Å². The number of rotatable bonds is 2. The predicted molar refractivity (Wildman–Crippen MR) is 54.5 cm³/mol. The Labute approximate surface area is 83.7 Å². The molecule has 14 heavy (non-hydrogen) atoms. The Balaban J connectivity index is 2.18. The second kappa shape index (κ2) is 3.88. The SMILES string of the molecule is CCNC1CCc2c(O)cccc2O1. The summed E-state index contributed by atoms with van der Waals surface area (Å²) < 4.78 is 5.68. The highest BCUT2D eigenvalue weighted by Crippen LogP contribution is 2.33. The van der Waals surface area contributed by atoms with Crippen LogP contribution >= 0.6 is 0 Å². The molecule has 0 bridgehead atoms. The summed E-state index contributed by atoms with van der Waals surface area (Å²) in [7, 11) is 0. The molecule has 0 saturated carbocycles. The van der Waals surface area contributed by atoms with E-state index < -0.39 is 0 Å². The Morgan fingerprint density at radius 3 is 3.21 bits per heavy atom. The molecular formula is C11H15NO2. The summed E-state index contributed by atoms with van der Waals surface area (Å²) in [5.74, 6) is 1.15. The van der Waals surface area contributed by atoms with E-state index in [4.69, 9.17) is 4.74 Å². The number of nitrogens with one attached hydrogen (secondary N) is 1. The average Bonchev–Trinajstić information content (AvgIpc) is 2.18. The molecule has 0 radical (unpaired) electrons. The van der Waals surface area contributed by atoms with E-state index in [1.54, 1.807) is 6.07 Å². The summed E-state index contributed by atoms with van der Waals surface area (Å²) in [5, 5.41) is 12.8. The van der Waals surface area contributed by atoms with Gasteiger partial charge in [0.15, 0.2) is 6.23 Å². The number of phenols is 1. The van der Waals surface area contributed by atoms with E-state index in [0.29, 0.717) is 5.75 Å². The zero-order chi connectivity index (χ0) is 9.97. The minimum absolute atomic E-state index is 0.0919. The van der Waals surface area contributed by atoms with Gasteiger partial charge in [0.05, 0.1) is 0 Å². The topological polar surface area (TPSA) is 41.5 Å². The van der Waals surface area contributed by atoms with Crippen molar-refractivity contribution >= 4 is 0 Å². The summed E-state index contributed by atoms with van der Waals surface area (Å²) in [6.45, 7) is 2.96. The monoisotopic (exact) mass is 193 g/mol. The van der Waals surface area contributed by atoms with E-state index in [1.165, 1.54) is 0 Å². The molecule has 0 fully saturated rings. The Morgan fingerprint density at radius 2 is 2.43 bits per heavy atom. The normalized spacial score (nSPS) is 19.9. The van der Waals surface area contributed by atoms with Crippen molar-refractivity contribution < 1.29 is 9.84 Å². The van der Waals surface area contributed by atoms with Gasteiger partial charge in [0, 0.05) is 12.0 Å². The molecule has 1 heterocycles. The third kappa shape index (κ3) is 1.68. The van der Waals surface area contributed by atoms with Gasteiger partial charge in [0.1, 0.15) is 11.5 Å². The smallest absolute Gasteiger partial charge is 0.150 e. The van der Waals surface area contributed by atoms with Gasteiger partial charge in [0.2, 0.25) is 0 Å². The van der Waals surface area contributed by atoms with Gasteiger partial charge in [0.25, 0.3) is 0 Å². The maximum atomic E-state index is 9.57. The fraction of sp³-hybridized carbons (Fsp3) is 0.455. The molecule has 0 aliphatic carbocycles. The summed E-state index contributed by atoms with van der Waals surface area (Å²) in [6.07, 6.45) is 1.88. The van der Waals surface area contributed by atoms with Crippen molar-refractivity contribution in [1.29, 1.82) is 0 Å². The lowest BCUT2D eigenvalue weighted by atomic mass is 10.0. The van der Waals surface area contributed by atoms with E-state index in [1.807, 2.05) is 12.1 Å². The minimum Gasteiger partial charge on any atom is -0.508 e. The summed E-state index contributed by atoms with van der Waals surface area (Å²) >= 11 is 0. The van der Waals surface area contributed by atoms with Crippen LogP contribution in [0.3, 0.4) is 0 Å². The zero-order valence-corrected chi connectivity index (χ0v) is 8.29. The van der Waals surface area contributed by atoms with Gasteiger partial charge in [-0.1, -0.05) is 13.0 Å². The highest BCUT2D eigenvalue weighted by molar-refractivity contribution is 5.45. The van der Waals surface area contributed by atoms with Crippen LogP contribution in [0.2, 0.25) is 0 Å². The highest BCUT2D eigenvalue weighted by atomic mass is 16.5. The number of fused-ring (bicyclic) bond motifs is 1. The van der Waals surface area contributed by atoms with E-state index in [0.717, 1.165) is 30.7 Å². The number of hydrogen-bond acceptors (Lipinski definition) is 3. The van der Waals surface area contributed by atoms with Gasteiger partial charge in [-0.3, -0.25) is 5.32 Å². The second-order valence-electron chi connectivity index (χ2n) is 3.46. The van der Waals surface area contributed by atoms with Crippen LogP contribution in [0.4, 0.5) is 0 Å². The lowest BCUT2D eigenvalue weighted by Gasteiger charge is -2.26. The molecule has 1 aromatic carbocycles. The molecule has 3 nitrogen and oxygen atoms in total. The predicted octanol–water partition coefficient (Wildman–Crippen LogP) is 1.65. The van der Waals surface area contributed by atoms with Crippen molar-refractivity contribution in [3.05, 3.63) is 23.8 Å². The minimum atomic E-state index is 0.0919. The summed E-state index contributed by atoms with van der Waals surface area (Å²) in [6, 6.07) is 5.41. The number of aromatic hydroxyl groups is 1. The van der Waals surface area contributed by atoms with E-state index in [-0.39, 0.29) is 6.23 Å². The van der Waals surface area contributed by atoms with Crippen molar-refractivity contribution in [2.75, 3.05) is 6.54 Å². The van der Waals surface area contributed by atoms with Gasteiger partial charge < -0.3 is 9.84 Å². The lowest BCUT2D eigenvalue weighted by molar-refractivity contribution is 0.139. The Kier molecular flexibility index (Phi) is 2.59. The molecule has 3 heteroatoms. The Bertz CT molecular complexity index is 325. The molecule has 2 N–H and O–H groups in total. The van der Waals surface area contributed by atoms with Gasteiger partial charge in [-0.25, -0.2) is 0 Å². The van der Waals surface area contributed by atoms with Crippen LogP contribution in [0.5, 0.6) is 11.5 Å². The molecule has 0 amide bonds. The molecule has 2 rings (SSSR count). The van der Waals surface area contributed by atoms with Crippen molar-refractivity contribution in [2.45, 2.75) is 26.0 Å². The van der Waals surface area contributed by atoms with Gasteiger partial charge in [-0.15, -0.1) is 0 Å². The van der Waals surface area contributed by atoms with Crippen molar-refractivity contribution in [3.8, 4) is 11.5 Å². The fourth-order valence-electron chi connectivity index (χ4n) is 1.77. The van der Waals surface area contributed by atoms with Crippen LogP contribution in [0.15, 0.2) is 18.2 Å². The van der Waals surface area contributed by atoms with Crippen LogP contribution in [0.25, 0.3) is 0 Å². The maximum Gasteiger partial charge on any atom is 0.150 e. The largest absolute Gasteiger partial charge is 0.508 e. The molecule has 0 saturated heterocycles. The number of hydrogen-bond donors (Lipinski definition) is 2. The van der Waals surface area contributed by atoms with E-state index in [9.17, 15) is 5.11 Å². The first-order valence-electron chi connectivity index (χ1n) is 5.02. The molecule has 76 valence electrons. The zero-order valence-electron chi connectivity index (χ0n) is 8.29. The van der Waals surface area contributed by atoms with Gasteiger partial charge in [-0.05, 0) is 25.1 Å². The van der Waals surface area contributed by atoms with E-state index >= 15 is 0 Å². The molecule has 1 aromatic rings. The Hall–Kier alpha value is -1.22. The average molecular weight is 193 g/mol. The number of ether oxygens (including phenoxy) is 1. The lowest BCUT2D eigenvalue weighted by Crippen LogP contribution is -2.37. The first kappa shape index (κ1) is 9.34. The van der Waals surface area contributed by atoms with Gasteiger partial charge >= 0.3 is 0 Å². The van der Waals surface area contributed by atoms with Crippen LogP contribution in [0, 0.1) is 0 Å². The van der Waals surface area contributed by atoms with E-state index in [2.05, 4.69) is 12.2 Å². The van der Waals surface area contributed by atoms with Gasteiger partial charge in [-0.2, -0.15) is 0 Å². The van der Waals surface area contributed by atoms with Crippen LogP contribution in [-0.4, -0.2) is 17.9 Å². The number of phenolic OH excluding ortho intramolecular Hbond substituents is 1. The second-order valence-corrected chi connectivity index (χ2v) is 3.46. The Morgan fingerprint density at radius 1 is 1.57 bits per heavy atom. The molecular weight excluding hydrogens is 178 g/mol. The molecule has 0 spiro atoms. The standard InChI is InChI=1S/C11H15NO2/c1-2-12-11-7-6-8-9(13)4-3-5-10(8)14-11/h3-5,11-13H,2,6-7H2,1H3.